The Kier molecular flexibility index (Phi) is 7.28. The van der Waals surface area contributed by atoms with Gasteiger partial charge < -0.3 is 24.1 Å². The van der Waals surface area contributed by atoms with Gasteiger partial charge in [0.05, 0.1) is 30.8 Å². The van der Waals surface area contributed by atoms with Gasteiger partial charge in [-0.2, -0.15) is 0 Å². The van der Waals surface area contributed by atoms with Gasteiger partial charge in [0, 0.05) is 6.42 Å². The van der Waals surface area contributed by atoms with E-state index in [4.69, 9.17) is 18.9 Å². The summed E-state index contributed by atoms with van der Waals surface area (Å²) in [5.74, 6) is 1.45. The second-order valence-electron chi connectivity index (χ2n) is 8.96. The molecule has 6 nitrogen and oxygen atoms in total. The number of fused-ring (bicyclic) bond motifs is 1. The third-order valence-electron chi connectivity index (χ3n) is 6.49. The Morgan fingerprint density at radius 1 is 1.07 bits per heavy atom. The summed E-state index contributed by atoms with van der Waals surface area (Å²) in [6.07, 6.45) is 8.37. The van der Waals surface area contributed by atoms with Crippen molar-refractivity contribution in [3.05, 3.63) is 24.3 Å². The smallest absolute Gasteiger partial charge is 0.314 e. The molecule has 0 spiro atoms. The van der Waals surface area contributed by atoms with E-state index in [1.165, 1.54) is 6.42 Å². The van der Waals surface area contributed by atoms with E-state index in [-0.39, 0.29) is 24.3 Å². The van der Waals surface area contributed by atoms with Crippen LogP contribution in [0.25, 0.3) is 0 Å². The van der Waals surface area contributed by atoms with E-state index in [9.17, 15) is 9.90 Å². The fraction of sp³-hybridized carbons (Fsp3) is 0.708. The Labute approximate surface area is 178 Å². The van der Waals surface area contributed by atoms with Gasteiger partial charge in [0.1, 0.15) is 11.5 Å². The number of carbonyl (C=O) groups is 1. The van der Waals surface area contributed by atoms with E-state index >= 15 is 0 Å². The van der Waals surface area contributed by atoms with Crippen LogP contribution in [0, 0.1) is 11.8 Å². The van der Waals surface area contributed by atoms with Crippen molar-refractivity contribution in [2.24, 2.45) is 11.8 Å². The van der Waals surface area contributed by atoms with E-state index in [0.29, 0.717) is 61.9 Å². The molecule has 4 rings (SSSR count). The van der Waals surface area contributed by atoms with Crippen molar-refractivity contribution in [2.75, 3.05) is 6.61 Å². The third-order valence-corrected chi connectivity index (χ3v) is 6.49. The highest BCUT2D eigenvalue weighted by Crippen LogP contribution is 2.39. The van der Waals surface area contributed by atoms with E-state index in [2.05, 4.69) is 6.92 Å². The molecular weight excluding hydrogens is 384 g/mol. The predicted molar refractivity (Wildman–Crippen MR) is 111 cm³/mol. The third kappa shape index (κ3) is 5.96. The average molecular weight is 419 g/mol. The van der Waals surface area contributed by atoms with Crippen LogP contribution in [0.1, 0.15) is 64.7 Å². The average Bonchev–Trinajstić information content (AvgIpc) is 3.53. The minimum Gasteiger partial charge on any atom is -0.465 e. The molecule has 0 bridgehead atoms. The molecule has 2 saturated carbocycles. The van der Waals surface area contributed by atoms with Gasteiger partial charge >= 0.3 is 5.97 Å². The van der Waals surface area contributed by atoms with Gasteiger partial charge in [-0.15, -0.1) is 0 Å². The Hall–Kier alpha value is -1.63. The number of ether oxygens (including phenoxy) is 4. The molecule has 1 aromatic rings. The minimum absolute atomic E-state index is 0.122. The van der Waals surface area contributed by atoms with Gasteiger partial charge in [0.2, 0.25) is 0 Å². The van der Waals surface area contributed by atoms with Gasteiger partial charge in [0.15, 0.2) is 6.29 Å². The highest BCUT2D eigenvalue weighted by Gasteiger charge is 2.43. The zero-order valence-corrected chi connectivity index (χ0v) is 17.8. The molecule has 3 fully saturated rings. The SMILES string of the molecule is CCCC(OCC1CCC2OC2C1)Oc1ccc(OC(=O)C2CCC(O)CC2)cc1. The summed E-state index contributed by atoms with van der Waals surface area (Å²) in [5, 5.41) is 9.58. The van der Waals surface area contributed by atoms with Gasteiger partial charge in [0.25, 0.3) is 0 Å². The number of aliphatic hydroxyl groups excluding tert-OH is 1. The molecule has 1 heterocycles. The molecule has 4 unspecified atom stereocenters. The molecule has 3 aliphatic rings. The normalized spacial score (nSPS) is 31.5. The molecule has 0 radical (unpaired) electrons. The van der Waals surface area contributed by atoms with E-state index < -0.39 is 0 Å². The van der Waals surface area contributed by atoms with Gasteiger partial charge in [-0.3, -0.25) is 4.79 Å². The summed E-state index contributed by atoms with van der Waals surface area (Å²) in [4.78, 5) is 12.3. The maximum absolute atomic E-state index is 12.3. The van der Waals surface area contributed by atoms with E-state index in [1.54, 1.807) is 12.1 Å². The van der Waals surface area contributed by atoms with Crippen LogP contribution in [0.3, 0.4) is 0 Å². The number of hydrogen-bond donors (Lipinski definition) is 1. The molecule has 30 heavy (non-hydrogen) atoms. The molecular formula is C24H34O6. The first kappa shape index (κ1) is 21.6. The first-order valence-electron chi connectivity index (χ1n) is 11.5. The van der Waals surface area contributed by atoms with Crippen LogP contribution in [-0.2, 0) is 14.3 Å². The fourth-order valence-corrected chi connectivity index (χ4v) is 4.54. The quantitative estimate of drug-likeness (QED) is 0.280. The summed E-state index contributed by atoms with van der Waals surface area (Å²) in [7, 11) is 0. The zero-order valence-electron chi connectivity index (χ0n) is 17.8. The molecule has 0 amide bonds. The second-order valence-corrected chi connectivity index (χ2v) is 8.96. The van der Waals surface area contributed by atoms with Gasteiger partial charge in [-0.05, 0) is 75.1 Å². The molecule has 6 heteroatoms. The topological polar surface area (TPSA) is 77.5 Å². The van der Waals surface area contributed by atoms with Crippen LogP contribution in [0.5, 0.6) is 11.5 Å². The van der Waals surface area contributed by atoms with Gasteiger partial charge in [-0.1, -0.05) is 13.3 Å². The molecule has 4 atom stereocenters. The van der Waals surface area contributed by atoms with Crippen molar-refractivity contribution in [1.29, 1.82) is 0 Å². The van der Waals surface area contributed by atoms with E-state index in [0.717, 1.165) is 25.7 Å². The Bertz CT molecular complexity index is 681. The summed E-state index contributed by atoms with van der Waals surface area (Å²) in [6.45, 7) is 2.83. The summed E-state index contributed by atoms with van der Waals surface area (Å²) < 4.78 is 23.3. The molecule has 1 saturated heterocycles. The van der Waals surface area contributed by atoms with Crippen LogP contribution < -0.4 is 9.47 Å². The predicted octanol–water partition coefficient (Wildman–Crippen LogP) is 4.23. The lowest BCUT2D eigenvalue weighted by Gasteiger charge is -2.24. The molecule has 1 aliphatic heterocycles. The van der Waals surface area contributed by atoms with Crippen LogP contribution in [0.2, 0.25) is 0 Å². The lowest BCUT2D eigenvalue weighted by atomic mass is 9.87. The molecule has 1 aromatic carbocycles. The number of esters is 1. The summed E-state index contributed by atoms with van der Waals surface area (Å²) in [5.41, 5.74) is 0. The Balaban J connectivity index is 1.23. The highest BCUT2D eigenvalue weighted by atomic mass is 16.7. The standard InChI is InChI=1S/C24H34O6/c1-2-3-23(27-15-16-4-13-21-22(14-16)30-21)28-19-9-11-20(12-10-19)29-24(26)17-5-7-18(25)8-6-17/h9-12,16-18,21-23,25H,2-8,13-15H2,1H3. The van der Waals surface area contributed by atoms with Crippen LogP contribution in [-0.4, -0.2) is 42.3 Å². The molecule has 0 aromatic heterocycles. The number of aliphatic hydroxyl groups is 1. The molecule has 166 valence electrons. The number of rotatable bonds is 9. The van der Waals surface area contributed by atoms with E-state index in [1.807, 2.05) is 12.1 Å². The lowest BCUT2D eigenvalue weighted by Crippen LogP contribution is -2.27. The summed E-state index contributed by atoms with van der Waals surface area (Å²) in [6, 6.07) is 7.17. The monoisotopic (exact) mass is 418 g/mol. The first-order chi connectivity index (χ1) is 14.6. The maximum atomic E-state index is 12.3. The fourth-order valence-electron chi connectivity index (χ4n) is 4.54. The maximum Gasteiger partial charge on any atom is 0.314 e. The molecule has 2 aliphatic carbocycles. The largest absolute Gasteiger partial charge is 0.465 e. The van der Waals surface area contributed by atoms with Crippen molar-refractivity contribution < 1.29 is 28.8 Å². The zero-order chi connectivity index (χ0) is 20.9. The second kappa shape index (κ2) is 10.1. The number of benzene rings is 1. The van der Waals surface area contributed by atoms with Gasteiger partial charge in [-0.25, -0.2) is 0 Å². The number of hydrogen-bond acceptors (Lipinski definition) is 6. The highest BCUT2D eigenvalue weighted by molar-refractivity contribution is 5.75. The van der Waals surface area contributed by atoms with Crippen LogP contribution in [0.15, 0.2) is 24.3 Å². The van der Waals surface area contributed by atoms with Crippen LogP contribution in [0.4, 0.5) is 0 Å². The van der Waals surface area contributed by atoms with Crippen molar-refractivity contribution in [3.8, 4) is 11.5 Å². The van der Waals surface area contributed by atoms with Crippen molar-refractivity contribution in [3.63, 3.8) is 0 Å². The number of carbonyl (C=O) groups excluding carboxylic acids is 1. The first-order valence-corrected chi connectivity index (χ1v) is 11.5. The summed E-state index contributed by atoms with van der Waals surface area (Å²) >= 11 is 0. The lowest BCUT2D eigenvalue weighted by molar-refractivity contribution is -0.140. The number of epoxide rings is 1. The van der Waals surface area contributed by atoms with Crippen molar-refractivity contribution in [2.45, 2.75) is 89.3 Å². The Morgan fingerprint density at radius 3 is 2.50 bits per heavy atom. The molecule has 1 N–H and O–H groups in total. The minimum atomic E-state index is -0.277. The van der Waals surface area contributed by atoms with Crippen molar-refractivity contribution >= 4 is 5.97 Å². The van der Waals surface area contributed by atoms with Crippen molar-refractivity contribution in [1.82, 2.24) is 0 Å². The Morgan fingerprint density at radius 2 is 1.80 bits per heavy atom. The van der Waals surface area contributed by atoms with Crippen LogP contribution >= 0.6 is 0 Å².